The highest BCUT2D eigenvalue weighted by Gasteiger charge is 2.23. The summed E-state index contributed by atoms with van der Waals surface area (Å²) >= 11 is 0. The zero-order valence-electron chi connectivity index (χ0n) is 12.8. The van der Waals surface area contributed by atoms with E-state index in [0.717, 1.165) is 18.7 Å². The van der Waals surface area contributed by atoms with Gasteiger partial charge < -0.3 is 19.6 Å². The number of rotatable bonds is 7. The van der Waals surface area contributed by atoms with Gasteiger partial charge in [0.15, 0.2) is 0 Å². The van der Waals surface area contributed by atoms with E-state index in [1.807, 2.05) is 35.0 Å². The minimum atomic E-state index is -0.511. The highest BCUT2D eigenvalue weighted by molar-refractivity contribution is 5.95. The molecule has 1 N–H and O–H groups in total. The fourth-order valence-electron chi connectivity index (χ4n) is 2.71. The summed E-state index contributed by atoms with van der Waals surface area (Å²) in [5.74, 6) is 0.146. The Labute approximate surface area is 126 Å². The minimum absolute atomic E-state index is 0.146. The van der Waals surface area contributed by atoms with Crippen LogP contribution in [0.2, 0.25) is 0 Å². The van der Waals surface area contributed by atoms with Crippen LogP contribution in [0, 0.1) is 0 Å². The van der Waals surface area contributed by atoms with Crippen LogP contribution >= 0.6 is 0 Å². The number of fused-ring (bicyclic) bond motifs is 1. The Morgan fingerprint density at radius 1 is 1.48 bits per heavy atom. The molecule has 5 nitrogen and oxygen atoms in total. The number of anilines is 1. The first-order valence-corrected chi connectivity index (χ1v) is 7.35. The Morgan fingerprint density at radius 3 is 3.00 bits per heavy atom. The van der Waals surface area contributed by atoms with Crippen LogP contribution in [-0.4, -0.2) is 62.4 Å². The molecule has 21 heavy (non-hydrogen) atoms. The largest absolute Gasteiger partial charge is 0.389 e. The van der Waals surface area contributed by atoms with Gasteiger partial charge in [-0.3, -0.25) is 4.79 Å². The molecule has 0 saturated carbocycles. The molecule has 116 valence electrons. The molecule has 1 aliphatic rings. The monoisotopic (exact) mass is 292 g/mol. The zero-order chi connectivity index (χ0) is 15.2. The Hall–Kier alpha value is -1.43. The van der Waals surface area contributed by atoms with Gasteiger partial charge in [0.25, 0.3) is 0 Å². The molecule has 1 amide bonds. The van der Waals surface area contributed by atoms with Crippen LogP contribution in [-0.2, 0) is 16.0 Å². The molecule has 1 aliphatic heterocycles. The van der Waals surface area contributed by atoms with E-state index in [1.54, 1.807) is 7.11 Å². The highest BCUT2D eigenvalue weighted by atomic mass is 16.5. The van der Waals surface area contributed by atoms with E-state index >= 15 is 0 Å². The first kappa shape index (κ1) is 15.9. The summed E-state index contributed by atoms with van der Waals surface area (Å²) in [5.41, 5.74) is 2.29. The Balaban J connectivity index is 1.80. The number of hydrogen-bond donors (Lipinski definition) is 1. The summed E-state index contributed by atoms with van der Waals surface area (Å²) in [6, 6.07) is 8.07. The van der Waals surface area contributed by atoms with Crippen molar-refractivity contribution in [3.05, 3.63) is 29.8 Å². The van der Waals surface area contributed by atoms with E-state index in [9.17, 15) is 9.90 Å². The Bertz CT molecular complexity index is 478. The van der Waals surface area contributed by atoms with Crippen LogP contribution in [0.4, 0.5) is 5.69 Å². The number of carbonyl (C=O) groups excluding carboxylic acids is 1. The van der Waals surface area contributed by atoms with Crippen molar-refractivity contribution in [1.29, 1.82) is 0 Å². The summed E-state index contributed by atoms with van der Waals surface area (Å²) in [6.45, 7) is 2.24. The zero-order valence-corrected chi connectivity index (χ0v) is 12.8. The summed E-state index contributed by atoms with van der Waals surface area (Å²) < 4.78 is 4.90. The van der Waals surface area contributed by atoms with Gasteiger partial charge in [0.05, 0.1) is 12.7 Å². The number of para-hydroxylation sites is 1. The number of benzene rings is 1. The molecule has 1 aromatic rings. The second-order valence-corrected chi connectivity index (χ2v) is 5.55. The lowest BCUT2D eigenvalue weighted by Gasteiger charge is -2.22. The summed E-state index contributed by atoms with van der Waals surface area (Å²) in [4.78, 5) is 16.2. The van der Waals surface area contributed by atoms with Crippen LogP contribution in [0.15, 0.2) is 24.3 Å². The quantitative estimate of drug-likeness (QED) is 0.811. The van der Waals surface area contributed by atoms with Crippen molar-refractivity contribution in [3.63, 3.8) is 0 Å². The van der Waals surface area contributed by atoms with Crippen LogP contribution < -0.4 is 4.90 Å². The third kappa shape index (κ3) is 4.27. The maximum atomic E-state index is 12.3. The van der Waals surface area contributed by atoms with Crippen molar-refractivity contribution in [2.45, 2.75) is 18.9 Å². The number of likely N-dealkylation sites (N-methyl/N-ethyl adjacent to an activating group) is 1. The maximum absolute atomic E-state index is 12.3. The van der Waals surface area contributed by atoms with Crippen LogP contribution in [0.3, 0.4) is 0 Å². The molecular weight excluding hydrogens is 268 g/mol. The lowest BCUT2D eigenvalue weighted by Crippen LogP contribution is -2.36. The molecule has 1 aromatic carbocycles. The molecule has 0 aromatic heterocycles. The minimum Gasteiger partial charge on any atom is -0.389 e. The van der Waals surface area contributed by atoms with E-state index in [4.69, 9.17) is 4.74 Å². The molecule has 1 heterocycles. The molecule has 0 fully saturated rings. The highest BCUT2D eigenvalue weighted by Crippen LogP contribution is 2.27. The molecule has 0 saturated heterocycles. The lowest BCUT2D eigenvalue weighted by atomic mass is 10.2. The standard InChI is InChI=1S/C16H24N2O3/c1-17(11-14(19)12-21-2)9-8-16(20)18-10-7-13-5-3-4-6-15(13)18/h3-6,14,19H,7-12H2,1-2H3. The molecule has 1 atom stereocenters. The van der Waals surface area contributed by atoms with Gasteiger partial charge >= 0.3 is 0 Å². The van der Waals surface area contributed by atoms with Gasteiger partial charge in [-0.1, -0.05) is 18.2 Å². The molecule has 0 radical (unpaired) electrons. The number of aliphatic hydroxyl groups is 1. The van der Waals surface area contributed by atoms with E-state index in [-0.39, 0.29) is 5.91 Å². The summed E-state index contributed by atoms with van der Waals surface area (Å²) in [7, 11) is 3.47. The number of carbonyl (C=O) groups is 1. The number of ether oxygens (including phenoxy) is 1. The topological polar surface area (TPSA) is 53.0 Å². The van der Waals surface area contributed by atoms with E-state index < -0.39 is 6.10 Å². The first-order valence-electron chi connectivity index (χ1n) is 7.35. The molecule has 0 aliphatic carbocycles. The SMILES string of the molecule is COCC(O)CN(C)CCC(=O)N1CCc2ccccc21. The molecule has 0 spiro atoms. The Morgan fingerprint density at radius 2 is 2.24 bits per heavy atom. The summed E-state index contributed by atoms with van der Waals surface area (Å²) in [5, 5.41) is 9.66. The van der Waals surface area contributed by atoms with Crippen molar-refractivity contribution >= 4 is 11.6 Å². The lowest BCUT2D eigenvalue weighted by molar-refractivity contribution is -0.118. The fraction of sp³-hybridized carbons (Fsp3) is 0.562. The van der Waals surface area contributed by atoms with Crippen molar-refractivity contribution in [1.82, 2.24) is 4.90 Å². The molecule has 0 bridgehead atoms. The average Bonchev–Trinajstić information content (AvgIpc) is 2.89. The van der Waals surface area contributed by atoms with E-state index in [0.29, 0.717) is 26.1 Å². The van der Waals surface area contributed by atoms with Gasteiger partial charge in [0.2, 0.25) is 5.91 Å². The number of nitrogens with zero attached hydrogens (tertiary/aromatic N) is 2. The van der Waals surface area contributed by atoms with E-state index in [1.165, 1.54) is 5.56 Å². The van der Waals surface area contributed by atoms with Crippen LogP contribution in [0.1, 0.15) is 12.0 Å². The third-order valence-corrected chi connectivity index (χ3v) is 3.78. The first-order chi connectivity index (χ1) is 10.1. The van der Waals surface area contributed by atoms with Crippen molar-refractivity contribution < 1.29 is 14.6 Å². The van der Waals surface area contributed by atoms with Crippen LogP contribution in [0.25, 0.3) is 0 Å². The predicted molar refractivity (Wildman–Crippen MR) is 82.5 cm³/mol. The van der Waals surface area contributed by atoms with Gasteiger partial charge in [0.1, 0.15) is 0 Å². The van der Waals surface area contributed by atoms with Gasteiger partial charge in [0, 0.05) is 38.9 Å². The molecule has 5 heteroatoms. The predicted octanol–water partition coefficient (Wildman–Crippen LogP) is 0.905. The maximum Gasteiger partial charge on any atom is 0.228 e. The number of amides is 1. The molecule has 1 unspecified atom stereocenters. The van der Waals surface area contributed by atoms with Crippen LogP contribution in [0.5, 0.6) is 0 Å². The second-order valence-electron chi connectivity index (χ2n) is 5.55. The molecular formula is C16H24N2O3. The number of methoxy groups -OCH3 is 1. The smallest absolute Gasteiger partial charge is 0.228 e. The van der Waals surface area contributed by atoms with Crippen molar-refractivity contribution in [2.24, 2.45) is 0 Å². The van der Waals surface area contributed by atoms with Gasteiger partial charge in [-0.2, -0.15) is 0 Å². The summed E-state index contributed by atoms with van der Waals surface area (Å²) in [6.07, 6.45) is 0.886. The van der Waals surface area contributed by atoms with E-state index in [2.05, 4.69) is 6.07 Å². The number of hydrogen-bond acceptors (Lipinski definition) is 4. The normalized spacial score (nSPS) is 15.3. The van der Waals surface area contributed by atoms with Gasteiger partial charge in [-0.05, 0) is 25.1 Å². The second kappa shape index (κ2) is 7.54. The average molecular weight is 292 g/mol. The van der Waals surface area contributed by atoms with Gasteiger partial charge in [-0.15, -0.1) is 0 Å². The van der Waals surface area contributed by atoms with Crippen molar-refractivity contribution in [3.8, 4) is 0 Å². The third-order valence-electron chi connectivity index (χ3n) is 3.78. The Kier molecular flexibility index (Phi) is 5.73. The van der Waals surface area contributed by atoms with Crippen molar-refractivity contribution in [2.75, 3.05) is 45.3 Å². The fourth-order valence-corrected chi connectivity index (χ4v) is 2.71. The number of aliphatic hydroxyl groups excluding tert-OH is 1. The molecule has 2 rings (SSSR count). The van der Waals surface area contributed by atoms with Gasteiger partial charge in [-0.25, -0.2) is 0 Å².